The Morgan fingerprint density at radius 3 is 2.76 bits per heavy atom. The second-order valence-electron chi connectivity index (χ2n) is 4.41. The van der Waals surface area contributed by atoms with E-state index in [0.717, 1.165) is 0 Å². The summed E-state index contributed by atoms with van der Waals surface area (Å²) in [6, 6.07) is 5.94. The van der Waals surface area contributed by atoms with E-state index in [2.05, 4.69) is 10.3 Å². The van der Waals surface area contributed by atoms with E-state index in [1.165, 1.54) is 35.2 Å². The molecule has 21 heavy (non-hydrogen) atoms. The molecule has 0 saturated carbocycles. The molecule has 1 aromatic heterocycles. The average molecular weight is 287 g/mol. The molecule has 7 nitrogen and oxygen atoms in total. The molecule has 0 bridgehead atoms. The van der Waals surface area contributed by atoms with E-state index in [1.807, 2.05) is 0 Å². The van der Waals surface area contributed by atoms with E-state index < -0.39 is 17.6 Å². The number of hydrogen-bond donors (Lipinski definition) is 2. The lowest BCUT2D eigenvalue weighted by molar-refractivity contribution is -0.116. The average Bonchev–Trinajstić information content (AvgIpc) is 2.43. The number of anilines is 1. The minimum absolute atomic E-state index is 0.147. The van der Waals surface area contributed by atoms with Gasteiger partial charge in [0, 0.05) is 18.1 Å². The number of carbonyl (C=O) groups excluding carboxylic acids is 1. The zero-order valence-corrected chi connectivity index (χ0v) is 11.2. The van der Waals surface area contributed by atoms with Crippen LogP contribution in [0, 0.1) is 6.92 Å². The molecule has 0 aliphatic heterocycles. The van der Waals surface area contributed by atoms with Crippen LogP contribution in [0.3, 0.4) is 0 Å². The zero-order valence-electron chi connectivity index (χ0n) is 11.2. The summed E-state index contributed by atoms with van der Waals surface area (Å²) in [6.45, 7) is 1.53. The molecule has 0 aliphatic carbocycles. The van der Waals surface area contributed by atoms with E-state index in [0.29, 0.717) is 11.3 Å². The molecule has 2 N–H and O–H groups in total. The van der Waals surface area contributed by atoms with Gasteiger partial charge in [0.05, 0.1) is 5.56 Å². The Kier molecular flexibility index (Phi) is 4.13. The number of hydrogen-bond acceptors (Lipinski definition) is 4. The molecule has 0 fully saturated rings. The number of nitrogens with zero attached hydrogens (tertiary/aromatic N) is 2. The standard InChI is InChI=1S/C14H13N3O4/c1-9-7-10(13(19)20)3-4-11(9)16-12(18)8-17-6-2-5-15-14(17)21/h2-7H,8H2,1H3,(H,16,18)(H,19,20). The van der Waals surface area contributed by atoms with Gasteiger partial charge in [-0.15, -0.1) is 0 Å². The van der Waals surface area contributed by atoms with Crippen LogP contribution in [0.2, 0.25) is 0 Å². The number of aromatic nitrogens is 2. The monoisotopic (exact) mass is 287 g/mol. The molecule has 0 saturated heterocycles. The van der Waals surface area contributed by atoms with Crippen molar-refractivity contribution in [1.29, 1.82) is 0 Å². The van der Waals surface area contributed by atoms with Crippen LogP contribution in [-0.4, -0.2) is 26.5 Å². The van der Waals surface area contributed by atoms with Gasteiger partial charge in [-0.25, -0.2) is 14.6 Å². The lowest BCUT2D eigenvalue weighted by Crippen LogP contribution is -2.28. The molecule has 108 valence electrons. The first-order valence-corrected chi connectivity index (χ1v) is 6.12. The summed E-state index contributed by atoms with van der Waals surface area (Å²) in [5, 5.41) is 11.5. The SMILES string of the molecule is Cc1cc(C(=O)O)ccc1NC(=O)Cn1cccnc1=O. The molecular weight excluding hydrogens is 274 g/mol. The van der Waals surface area contributed by atoms with Crippen molar-refractivity contribution in [3.8, 4) is 0 Å². The van der Waals surface area contributed by atoms with E-state index >= 15 is 0 Å². The lowest BCUT2D eigenvalue weighted by Gasteiger charge is -2.09. The van der Waals surface area contributed by atoms with E-state index in [9.17, 15) is 14.4 Å². The quantitative estimate of drug-likeness (QED) is 0.869. The number of amides is 1. The summed E-state index contributed by atoms with van der Waals surface area (Å²) in [5.41, 5.74) is 0.767. The third-order valence-electron chi connectivity index (χ3n) is 2.84. The summed E-state index contributed by atoms with van der Waals surface area (Å²) < 4.78 is 1.18. The highest BCUT2D eigenvalue weighted by Crippen LogP contribution is 2.16. The van der Waals surface area contributed by atoms with Crippen LogP contribution in [0.4, 0.5) is 5.69 Å². The van der Waals surface area contributed by atoms with E-state index in [4.69, 9.17) is 5.11 Å². The first-order chi connectivity index (χ1) is 9.97. The van der Waals surface area contributed by atoms with Crippen molar-refractivity contribution in [2.24, 2.45) is 0 Å². The lowest BCUT2D eigenvalue weighted by atomic mass is 10.1. The maximum Gasteiger partial charge on any atom is 0.347 e. The number of benzene rings is 1. The number of rotatable bonds is 4. The third-order valence-corrected chi connectivity index (χ3v) is 2.84. The number of nitrogens with one attached hydrogen (secondary N) is 1. The first-order valence-electron chi connectivity index (χ1n) is 6.12. The summed E-state index contributed by atoms with van der Waals surface area (Å²) >= 11 is 0. The minimum Gasteiger partial charge on any atom is -0.478 e. The number of carboxylic acid groups (broad SMARTS) is 1. The highest BCUT2D eigenvalue weighted by atomic mass is 16.4. The van der Waals surface area contributed by atoms with Gasteiger partial charge in [-0.05, 0) is 36.8 Å². The van der Waals surface area contributed by atoms with Crippen LogP contribution in [0.5, 0.6) is 0 Å². The van der Waals surface area contributed by atoms with Crippen molar-refractivity contribution in [2.75, 3.05) is 5.32 Å². The highest BCUT2D eigenvalue weighted by molar-refractivity contribution is 5.93. The Hall–Kier alpha value is -2.96. The molecule has 0 spiro atoms. The van der Waals surface area contributed by atoms with E-state index in [1.54, 1.807) is 13.0 Å². The Morgan fingerprint density at radius 1 is 1.38 bits per heavy atom. The fourth-order valence-electron chi connectivity index (χ4n) is 1.79. The topological polar surface area (TPSA) is 101 Å². The van der Waals surface area contributed by atoms with Crippen LogP contribution in [0.15, 0.2) is 41.5 Å². The zero-order chi connectivity index (χ0) is 15.4. The number of carbonyl (C=O) groups is 2. The van der Waals surface area contributed by atoms with Gasteiger partial charge in [-0.3, -0.25) is 9.36 Å². The van der Waals surface area contributed by atoms with Crippen molar-refractivity contribution in [3.63, 3.8) is 0 Å². The van der Waals surface area contributed by atoms with Crippen molar-refractivity contribution in [2.45, 2.75) is 13.5 Å². The largest absolute Gasteiger partial charge is 0.478 e. The summed E-state index contributed by atoms with van der Waals surface area (Å²) in [4.78, 5) is 37.7. The Bertz CT molecular complexity index is 752. The van der Waals surface area contributed by atoms with Crippen molar-refractivity contribution < 1.29 is 14.7 Å². The number of aryl methyl sites for hydroxylation is 1. The van der Waals surface area contributed by atoms with Gasteiger partial charge in [-0.1, -0.05) is 0 Å². The fourth-order valence-corrected chi connectivity index (χ4v) is 1.79. The van der Waals surface area contributed by atoms with Gasteiger partial charge in [-0.2, -0.15) is 0 Å². The Morgan fingerprint density at radius 2 is 2.14 bits per heavy atom. The van der Waals surface area contributed by atoms with Crippen LogP contribution in [-0.2, 0) is 11.3 Å². The van der Waals surface area contributed by atoms with Gasteiger partial charge in [0.2, 0.25) is 5.91 Å². The molecule has 0 aliphatic rings. The Balaban J connectivity index is 2.12. The van der Waals surface area contributed by atoms with Gasteiger partial charge in [0.1, 0.15) is 6.54 Å². The van der Waals surface area contributed by atoms with E-state index in [-0.39, 0.29) is 12.1 Å². The smallest absolute Gasteiger partial charge is 0.347 e. The van der Waals surface area contributed by atoms with Gasteiger partial charge < -0.3 is 10.4 Å². The number of aromatic carboxylic acids is 1. The van der Waals surface area contributed by atoms with Crippen LogP contribution >= 0.6 is 0 Å². The second kappa shape index (κ2) is 6.00. The predicted molar refractivity (Wildman–Crippen MR) is 75.3 cm³/mol. The normalized spacial score (nSPS) is 10.1. The summed E-state index contributed by atoms with van der Waals surface area (Å²) in [5.74, 6) is -1.42. The molecule has 2 rings (SSSR count). The minimum atomic E-state index is -1.03. The predicted octanol–water partition coefficient (Wildman–Crippen LogP) is 0.889. The summed E-state index contributed by atoms with van der Waals surface area (Å²) in [6.07, 6.45) is 2.82. The summed E-state index contributed by atoms with van der Waals surface area (Å²) in [7, 11) is 0. The molecule has 0 atom stereocenters. The fraction of sp³-hybridized carbons (Fsp3) is 0.143. The van der Waals surface area contributed by atoms with Crippen LogP contribution < -0.4 is 11.0 Å². The Labute approximate surface area is 119 Å². The third kappa shape index (κ3) is 3.53. The maximum absolute atomic E-state index is 11.9. The van der Waals surface area contributed by atoms with Crippen LogP contribution in [0.1, 0.15) is 15.9 Å². The molecule has 0 radical (unpaired) electrons. The molecule has 0 unspecified atom stereocenters. The highest BCUT2D eigenvalue weighted by Gasteiger charge is 2.09. The molecular formula is C14H13N3O4. The van der Waals surface area contributed by atoms with Gasteiger partial charge in [0.15, 0.2) is 0 Å². The van der Waals surface area contributed by atoms with Gasteiger partial charge >= 0.3 is 11.7 Å². The van der Waals surface area contributed by atoms with Crippen LogP contribution in [0.25, 0.3) is 0 Å². The molecule has 1 heterocycles. The first kappa shape index (κ1) is 14.4. The molecule has 7 heteroatoms. The van der Waals surface area contributed by atoms with Crippen molar-refractivity contribution in [1.82, 2.24) is 9.55 Å². The van der Waals surface area contributed by atoms with Gasteiger partial charge in [0.25, 0.3) is 0 Å². The molecule has 2 aromatic rings. The number of carboxylic acids is 1. The molecule has 1 amide bonds. The van der Waals surface area contributed by atoms with Crippen molar-refractivity contribution >= 4 is 17.6 Å². The second-order valence-corrected chi connectivity index (χ2v) is 4.41. The van der Waals surface area contributed by atoms with Crippen molar-refractivity contribution in [3.05, 3.63) is 58.3 Å². The maximum atomic E-state index is 11.9. The molecule has 1 aromatic carbocycles.